The Kier molecular flexibility index (Phi) is 6.28. The summed E-state index contributed by atoms with van der Waals surface area (Å²) in [5, 5.41) is 5.28. The fraction of sp³-hybridized carbons (Fsp3) is 0.300. The Morgan fingerprint density at radius 3 is 2.81 bits per heavy atom. The van der Waals surface area contributed by atoms with Crippen LogP contribution in [0.25, 0.3) is 0 Å². The summed E-state index contributed by atoms with van der Waals surface area (Å²) < 4.78 is 14.1. The number of carbonyl (C=O) groups is 2. The zero-order chi connectivity index (χ0) is 18.4. The van der Waals surface area contributed by atoms with Gasteiger partial charge in [0.1, 0.15) is 5.82 Å². The molecule has 1 aliphatic heterocycles. The average Bonchev–Trinajstić information content (AvgIpc) is 2.63. The van der Waals surface area contributed by atoms with Gasteiger partial charge >= 0.3 is 0 Å². The second-order valence-electron chi connectivity index (χ2n) is 6.23. The summed E-state index contributed by atoms with van der Waals surface area (Å²) in [6.07, 6.45) is 2.91. The molecular formula is C20H21FN2O2S. The zero-order valence-corrected chi connectivity index (χ0v) is 15.2. The van der Waals surface area contributed by atoms with Crippen LogP contribution in [0.5, 0.6) is 0 Å². The number of benzene rings is 2. The Hall–Kier alpha value is -2.34. The van der Waals surface area contributed by atoms with Gasteiger partial charge < -0.3 is 10.6 Å². The highest BCUT2D eigenvalue weighted by atomic mass is 32.2. The van der Waals surface area contributed by atoms with Crippen LogP contribution >= 0.6 is 11.8 Å². The highest BCUT2D eigenvalue weighted by molar-refractivity contribution is 7.99. The van der Waals surface area contributed by atoms with Crippen LogP contribution < -0.4 is 10.6 Å². The third-order valence-corrected chi connectivity index (χ3v) is 5.24. The van der Waals surface area contributed by atoms with Gasteiger partial charge in [0.2, 0.25) is 11.8 Å². The molecule has 1 aliphatic rings. The van der Waals surface area contributed by atoms with Crippen molar-refractivity contribution in [2.24, 2.45) is 0 Å². The van der Waals surface area contributed by atoms with Crippen molar-refractivity contribution in [1.82, 2.24) is 0 Å². The van der Waals surface area contributed by atoms with E-state index in [1.165, 1.54) is 11.6 Å². The summed E-state index contributed by atoms with van der Waals surface area (Å²) >= 11 is 1.54. The Morgan fingerprint density at radius 2 is 2.00 bits per heavy atom. The van der Waals surface area contributed by atoms with Crippen molar-refractivity contribution in [3.05, 3.63) is 59.4 Å². The summed E-state index contributed by atoms with van der Waals surface area (Å²) in [6, 6.07) is 13.1. The highest BCUT2D eigenvalue weighted by Crippen LogP contribution is 2.28. The second-order valence-corrected chi connectivity index (χ2v) is 7.33. The first-order chi connectivity index (χ1) is 12.6. The van der Waals surface area contributed by atoms with Gasteiger partial charge in [0, 0.05) is 12.1 Å². The standard InChI is InChI=1S/C20H21FN2O2S/c21-16-12-17-15(8-9-19(24)22-17)11-18(16)23-20(25)13-26-10-4-7-14-5-2-1-3-6-14/h1-3,5-6,11-12H,4,7-10,13H2,(H,22,24)(H,23,25). The van der Waals surface area contributed by atoms with E-state index >= 15 is 0 Å². The molecule has 2 amide bonds. The largest absolute Gasteiger partial charge is 0.326 e. The highest BCUT2D eigenvalue weighted by Gasteiger charge is 2.18. The van der Waals surface area contributed by atoms with Crippen molar-refractivity contribution in [3.8, 4) is 0 Å². The van der Waals surface area contributed by atoms with E-state index in [-0.39, 0.29) is 17.5 Å². The van der Waals surface area contributed by atoms with Crippen LogP contribution in [0.4, 0.5) is 15.8 Å². The van der Waals surface area contributed by atoms with E-state index in [9.17, 15) is 14.0 Å². The van der Waals surface area contributed by atoms with Crippen LogP contribution in [-0.2, 0) is 22.4 Å². The number of hydrogen-bond acceptors (Lipinski definition) is 3. The van der Waals surface area contributed by atoms with E-state index in [2.05, 4.69) is 22.8 Å². The smallest absolute Gasteiger partial charge is 0.234 e. The predicted octanol–water partition coefficient (Wildman–Crippen LogP) is 4.01. The molecule has 0 atom stereocenters. The van der Waals surface area contributed by atoms with Gasteiger partial charge in [-0.05, 0) is 48.3 Å². The number of hydrogen-bond donors (Lipinski definition) is 2. The first-order valence-corrected chi connectivity index (χ1v) is 9.81. The number of aryl methyl sites for hydroxylation is 2. The summed E-state index contributed by atoms with van der Waals surface area (Å²) in [6.45, 7) is 0. The minimum absolute atomic E-state index is 0.111. The third kappa shape index (κ3) is 5.08. The lowest BCUT2D eigenvalue weighted by Gasteiger charge is -2.18. The molecule has 2 N–H and O–H groups in total. The number of thioether (sulfide) groups is 1. The van der Waals surface area contributed by atoms with Crippen LogP contribution in [0.2, 0.25) is 0 Å². The Balaban J connectivity index is 1.44. The quantitative estimate of drug-likeness (QED) is 0.722. The van der Waals surface area contributed by atoms with Gasteiger partial charge in [0.25, 0.3) is 0 Å². The predicted molar refractivity (Wildman–Crippen MR) is 104 cm³/mol. The van der Waals surface area contributed by atoms with Crippen LogP contribution in [0, 0.1) is 5.82 Å². The van der Waals surface area contributed by atoms with E-state index in [4.69, 9.17) is 0 Å². The van der Waals surface area contributed by atoms with Crippen molar-refractivity contribution < 1.29 is 14.0 Å². The van der Waals surface area contributed by atoms with Gasteiger partial charge in [-0.2, -0.15) is 11.8 Å². The molecule has 0 bridgehead atoms. The molecule has 0 spiro atoms. The lowest BCUT2D eigenvalue weighted by Crippen LogP contribution is -2.20. The molecule has 0 aromatic heterocycles. The monoisotopic (exact) mass is 372 g/mol. The molecular weight excluding hydrogens is 351 g/mol. The molecule has 4 nitrogen and oxygen atoms in total. The van der Waals surface area contributed by atoms with E-state index < -0.39 is 5.82 Å². The second kappa shape index (κ2) is 8.85. The van der Waals surface area contributed by atoms with E-state index in [1.807, 2.05) is 18.2 Å². The van der Waals surface area contributed by atoms with Crippen LogP contribution in [0.3, 0.4) is 0 Å². The molecule has 0 unspecified atom stereocenters. The number of amides is 2. The van der Waals surface area contributed by atoms with Crippen molar-refractivity contribution in [1.29, 1.82) is 0 Å². The molecule has 2 aromatic carbocycles. The molecule has 0 fully saturated rings. The minimum Gasteiger partial charge on any atom is -0.326 e. The van der Waals surface area contributed by atoms with Crippen LogP contribution in [0.15, 0.2) is 42.5 Å². The summed E-state index contributed by atoms with van der Waals surface area (Å²) in [4.78, 5) is 23.4. The summed E-state index contributed by atoms with van der Waals surface area (Å²) in [5.41, 5.74) is 2.81. The normalized spacial score (nSPS) is 13.0. The number of fused-ring (bicyclic) bond motifs is 1. The van der Waals surface area contributed by atoms with E-state index in [0.29, 0.717) is 24.3 Å². The Morgan fingerprint density at radius 1 is 1.19 bits per heavy atom. The Bertz CT molecular complexity index is 796. The van der Waals surface area contributed by atoms with Crippen molar-refractivity contribution in [2.45, 2.75) is 25.7 Å². The first-order valence-electron chi connectivity index (χ1n) is 8.65. The first kappa shape index (κ1) is 18.5. The molecule has 0 radical (unpaired) electrons. The molecule has 2 aromatic rings. The van der Waals surface area contributed by atoms with Gasteiger partial charge in [-0.1, -0.05) is 30.3 Å². The fourth-order valence-electron chi connectivity index (χ4n) is 2.87. The van der Waals surface area contributed by atoms with Crippen molar-refractivity contribution in [3.63, 3.8) is 0 Å². The van der Waals surface area contributed by atoms with Crippen LogP contribution in [-0.4, -0.2) is 23.3 Å². The molecule has 0 saturated heterocycles. The van der Waals surface area contributed by atoms with Crippen molar-refractivity contribution in [2.75, 3.05) is 22.1 Å². The van der Waals surface area contributed by atoms with Gasteiger partial charge in [0.05, 0.1) is 11.4 Å². The molecule has 136 valence electrons. The molecule has 1 heterocycles. The number of anilines is 2. The van der Waals surface area contributed by atoms with Gasteiger partial charge in [-0.15, -0.1) is 0 Å². The molecule has 3 rings (SSSR count). The number of nitrogens with one attached hydrogen (secondary N) is 2. The SMILES string of the molecule is O=C(CSCCCc1ccccc1)Nc1cc2c(cc1F)NC(=O)CC2. The van der Waals surface area contributed by atoms with Gasteiger partial charge in [-0.3, -0.25) is 9.59 Å². The maximum Gasteiger partial charge on any atom is 0.234 e. The zero-order valence-electron chi connectivity index (χ0n) is 14.4. The topological polar surface area (TPSA) is 58.2 Å². The number of carbonyl (C=O) groups excluding carboxylic acids is 2. The van der Waals surface area contributed by atoms with E-state index in [0.717, 1.165) is 24.2 Å². The minimum atomic E-state index is -0.534. The number of rotatable bonds is 7. The molecule has 26 heavy (non-hydrogen) atoms. The van der Waals surface area contributed by atoms with Crippen LogP contribution in [0.1, 0.15) is 24.0 Å². The van der Waals surface area contributed by atoms with Gasteiger partial charge in [-0.25, -0.2) is 4.39 Å². The lowest BCUT2D eigenvalue weighted by atomic mass is 10.0. The van der Waals surface area contributed by atoms with Gasteiger partial charge in [0.15, 0.2) is 0 Å². The Labute approximate surface area is 156 Å². The van der Waals surface area contributed by atoms with Crippen molar-refractivity contribution >= 4 is 35.0 Å². The summed E-state index contributed by atoms with van der Waals surface area (Å²) in [7, 11) is 0. The molecule has 0 aliphatic carbocycles. The summed E-state index contributed by atoms with van der Waals surface area (Å²) in [5.74, 6) is 0.311. The lowest BCUT2D eigenvalue weighted by molar-refractivity contribution is -0.116. The molecule has 6 heteroatoms. The average molecular weight is 372 g/mol. The maximum atomic E-state index is 14.1. The number of halogens is 1. The molecule has 0 saturated carbocycles. The third-order valence-electron chi connectivity index (χ3n) is 4.19. The maximum absolute atomic E-state index is 14.1. The fourth-order valence-corrected chi connectivity index (χ4v) is 3.62. The van der Waals surface area contributed by atoms with E-state index in [1.54, 1.807) is 17.8 Å².